The topological polar surface area (TPSA) is 35.6 Å². The zero-order chi connectivity index (χ0) is 14.1. The van der Waals surface area contributed by atoms with Gasteiger partial charge in [0.25, 0.3) is 0 Å². The Labute approximate surface area is 116 Å². The highest BCUT2D eigenvalue weighted by molar-refractivity contribution is 5.74. The molecule has 19 heavy (non-hydrogen) atoms. The minimum absolute atomic E-state index is 0.0186. The zero-order valence-electron chi connectivity index (χ0n) is 12.2. The molecule has 106 valence electrons. The molecule has 2 amide bonds. The van der Waals surface area contributed by atoms with Gasteiger partial charge in [-0.3, -0.25) is 0 Å². The molecule has 0 unspecified atom stereocenters. The van der Waals surface area contributed by atoms with Crippen molar-refractivity contribution in [3.05, 3.63) is 35.9 Å². The highest BCUT2D eigenvalue weighted by Crippen LogP contribution is 2.04. The van der Waals surface area contributed by atoms with Gasteiger partial charge in [0.2, 0.25) is 0 Å². The lowest BCUT2D eigenvalue weighted by Gasteiger charge is -2.21. The van der Waals surface area contributed by atoms with E-state index in [2.05, 4.69) is 10.2 Å². The molecular formula is C15H25N3O. The number of amides is 2. The van der Waals surface area contributed by atoms with Crippen molar-refractivity contribution in [3.8, 4) is 0 Å². The molecule has 0 fully saturated rings. The molecule has 0 spiro atoms. The van der Waals surface area contributed by atoms with Crippen LogP contribution in [0.1, 0.15) is 18.9 Å². The maximum atomic E-state index is 12.0. The summed E-state index contributed by atoms with van der Waals surface area (Å²) in [4.78, 5) is 16.0. The Kier molecular flexibility index (Phi) is 6.97. The summed E-state index contributed by atoms with van der Waals surface area (Å²) in [5.41, 5.74) is 1.16. The number of rotatable bonds is 7. The van der Waals surface area contributed by atoms with E-state index in [9.17, 15) is 4.79 Å². The van der Waals surface area contributed by atoms with Crippen LogP contribution in [0.5, 0.6) is 0 Å². The van der Waals surface area contributed by atoms with Gasteiger partial charge >= 0.3 is 6.03 Å². The molecule has 0 heterocycles. The van der Waals surface area contributed by atoms with Crippen LogP contribution in [0.25, 0.3) is 0 Å². The Morgan fingerprint density at radius 1 is 1.21 bits per heavy atom. The second-order valence-electron chi connectivity index (χ2n) is 4.89. The van der Waals surface area contributed by atoms with Gasteiger partial charge < -0.3 is 15.1 Å². The highest BCUT2D eigenvalue weighted by Gasteiger charge is 2.10. The summed E-state index contributed by atoms with van der Waals surface area (Å²) in [5.74, 6) is 0. The van der Waals surface area contributed by atoms with E-state index < -0.39 is 0 Å². The summed E-state index contributed by atoms with van der Waals surface area (Å²) in [7, 11) is 4.07. The zero-order valence-corrected chi connectivity index (χ0v) is 12.2. The van der Waals surface area contributed by atoms with E-state index in [-0.39, 0.29) is 6.03 Å². The van der Waals surface area contributed by atoms with Crippen molar-refractivity contribution in [2.24, 2.45) is 0 Å². The first kappa shape index (κ1) is 15.5. The van der Waals surface area contributed by atoms with Crippen molar-refractivity contribution in [1.82, 2.24) is 15.1 Å². The van der Waals surface area contributed by atoms with Gasteiger partial charge in [-0.1, -0.05) is 30.3 Å². The largest absolute Gasteiger partial charge is 0.338 e. The van der Waals surface area contributed by atoms with Crippen LogP contribution in [0, 0.1) is 0 Å². The Morgan fingerprint density at radius 2 is 1.89 bits per heavy atom. The lowest BCUT2D eigenvalue weighted by atomic mass is 10.2. The molecule has 1 aromatic carbocycles. The highest BCUT2D eigenvalue weighted by atomic mass is 16.2. The van der Waals surface area contributed by atoms with Gasteiger partial charge in [-0.05, 0) is 39.5 Å². The van der Waals surface area contributed by atoms with Crippen molar-refractivity contribution in [1.29, 1.82) is 0 Å². The molecule has 0 aliphatic carbocycles. The third-order valence-corrected chi connectivity index (χ3v) is 2.94. The van der Waals surface area contributed by atoms with Gasteiger partial charge in [-0.25, -0.2) is 4.79 Å². The van der Waals surface area contributed by atoms with Crippen molar-refractivity contribution in [2.45, 2.75) is 19.9 Å². The fraction of sp³-hybridized carbons (Fsp3) is 0.533. The average molecular weight is 263 g/mol. The minimum atomic E-state index is 0.0186. The number of hydrogen-bond acceptors (Lipinski definition) is 2. The molecular weight excluding hydrogens is 238 g/mol. The molecule has 0 aliphatic rings. The van der Waals surface area contributed by atoms with Gasteiger partial charge in [0.1, 0.15) is 0 Å². The van der Waals surface area contributed by atoms with Gasteiger partial charge in [-0.15, -0.1) is 0 Å². The molecule has 1 N–H and O–H groups in total. The maximum absolute atomic E-state index is 12.0. The molecule has 0 atom stereocenters. The molecule has 0 saturated heterocycles. The SMILES string of the molecule is CCN(Cc1ccccc1)C(=O)NCCCN(C)C. The summed E-state index contributed by atoms with van der Waals surface area (Å²) in [5, 5.41) is 2.97. The monoisotopic (exact) mass is 263 g/mol. The molecule has 0 bridgehead atoms. The summed E-state index contributed by atoms with van der Waals surface area (Å²) in [6, 6.07) is 10.1. The summed E-state index contributed by atoms with van der Waals surface area (Å²) in [6.45, 7) is 5.10. The fourth-order valence-electron chi connectivity index (χ4n) is 1.83. The van der Waals surface area contributed by atoms with Crippen LogP contribution in [-0.2, 0) is 6.54 Å². The van der Waals surface area contributed by atoms with Crippen molar-refractivity contribution < 1.29 is 4.79 Å². The Hall–Kier alpha value is -1.55. The quantitative estimate of drug-likeness (QED) is 0.765. The minimum Gasteiger partial charge on any atom is -0.338 e. The number of nitrogens with zero attached hydrogens (tertiary/aromatic N) is 2. The van der Waals surface area contributed by atoms with E-state index in [4.69, 9.17) is 0 Å². The lowest BCUT2D eigenvalue weighted by molar-refractivity contribution is 0.197. The molecule has 0 aliphatic heterocycles. The van der Waals surface area contributed by atoms with Gasteiger partial charge in [0.15, 0.2) is 0 Å². The maximum Gasteiger partial charge on any atom is 0.317 e. The van der Waals surface area contributed by atoms with Gasteiger partial charge in [0, 0.05) is 19.6 Å². The number of carbonyl (C=O) groups excluding carboxylic acids is 1. The van der Waals surface area contributed by atoms with E-state index in [0.717, 1.165) is 25.1 Å². The molecule has 1 aromatic rings. The molecule has 0 aromatic heterocycles. The van der Waals surface area contributed by atoms with Crippen LogP contribution >= 0.6 is 0 Å². The molecule has 1 rings (SSSR count). The normalized spacial score (nSPS) is 10.5. The second-order valence-corrected chi connectivity index (χ2v) is 4.89. The van der Waals surface area contributed by atoms with Crippen molar-refractivity contribution in [2.75, 3.05) is 33.7 Å². The van der Waals surface area contributed by atoms with Crippen LogP contribution in [0.15, 0.2) is 30.3 Å². The third-order valence-electron chi connectivity index (χ3n) is 2.94. The predicted octanol–water partition coefficient (Wildman–Crippen LogP) is 2.17. The van der Waals surface area contributed by atoms with Crippen molar-refractivity contribution in [3.63, 3.8) is 0 Å². The molecule has 4 nitrogen and oxygen atoms in total. The first-order valence-corrected chi connectivity index (χ1v) is 6.85. The van der Waals surface area contributed by atoms with Crippen LogP contribution in [0.2, 0.25) is 0 Å². The molecule has 0 saturated carbocycles. The van der Waals surface area contributed by atoms with E-state index in [0.29, 0.717) is 13.1 Å². The average Bonchev–Trinajstić information content (AvgIpc) is 2.41. The number of benzene rings is 1. The van der Waals surface area contributed by atoms with E-state index in [1.807, 2.05) is 56.3 Å². The Bertz CT molecular complexity index is 365. The Balaban J connectivity index is 2.35. The van der Waals surface area contributed by atoms with Crippen LogP contribution in [0.3, 0.4) is 0 Å². The first-order valence-electron chi connectivity index (χ1n) is 6.85. The third kappa shape index (κ3) is 6.25. The molecule has 4 heteroatoms. The number of nitrogens with one attached hydrogen (secondary N) is 1. The van der Waals surface area contributed by atoms with E-state index in [1.54, 1.807) is 0 Å². The smallest absolute Gasteiger partial charge is 0.317 e. The summed E-state index contributed by atoms with van der Waals surface area (Å²) < 4.78 is 0. The molecule has 0 radical (unpaired) electrons. The van der Waals surface area contributed by atoms with E-state index >= 15 is 0 Å². The van der Waals surface area contributed by atoms with Crippen LogP contribution in [0.4, 0.5) is 4.79 Å². The predicted molar refractivity (Wildman–Crippen MR) is 79.1 cm³/mol. The number of carbonyl (C=O) groups is 1. The van der Waals surface area contributed by atoms with Gasteiger partial charge in [-0.2, -0.15) is 0 Å². The van der Waals surface area contributed by atoms with E-state index in [1.165, 1.54) is 0 Å². The number of hydrogen-bond donors (Lipinski definition) is 1. The summed E-state index contributed by atoms with van der Waals surface area (Å²) in [6.07, 6.45) is 0.974. The lowest BCUT2D eigenvalue weighted by Crippen LogP contribution is -2.40. The summed E-state index contributed by atoms with van der Waals surface area (Å²) >= 11 is 0. The van der Waals surface area contributed by atoms with Gasteiger partial charge in [0.05, 0.1) is 0 Å². The van der Waals surface area contributed by atoms with Crippen molar-refractivity contribution >= 4 is 6.03 Å². The second kappa shape index (κ2) is 8.53. The first-order chi connectivity index (χ1) is 9.13. The van der Waals surface area contributed by atoms with Crippen LogP contribution in [-0.4, -0.2) is 49.6 Å². The Morgan fingerprint density at radius 3 is 2.47 bits per heavy atom. The number of urea groups is 1. The van der Waals surface area contributed by atoms with Crippen LogP contribution < -0.4 is 5.32 Å². The fourth-order valence-corrected chi connectivity index (χ4v) is 1.83. The standard InChI is InChI=1S/C15H25N3O/c1-4-18(13-14-9-6-5-7-10-14)15(19)16-11-8-12-17(2)3/h5-7,9-10H,4,8,11-13H2,1-3H3,(H,16,19).